The van der Waals surface area contributed by atoms with Crippen molar-refractivity contribution in [2.45, 2.75) is 13.3 Å². The number of aromatic nitrogens is 2. The Morgan fingerprint density at radius 1 is 1.18 bits per heavy atom. The van der Waals surface area contributed by atoms with E-state index in [2.05, 4.69) is 26.3 Å². The van der Waals surface area contributed by atoms with Gasteiger partial charge in [0, 0.05) is 52.3 Å². The van der Waals surface area contributed by atoms with Gasteiger partial charge in [-0.25, -0.2) is 15.0 Å². The van der Waals surface area contributed by atoms with Crippen molar-refractivity contribution in [3.8, 4) is 5.88 Å². The lowest BCUT2D eigenvalue weighted by atomic mass is 10.0. The number of fused-ring (bicyclic) bond motifs is 1. The summed E-state index contributed by atoms with van der Waals surface area (Å²) >= 11 is 6.40. The largest absolute Gasteiger partial charge is 0.481 e. The number of aryl methyl sites for hydroxylation is 1. The van der Waals surface area contributed by atoms with Crippen LogP contribution in [0.25, 0.3) is 0 Å². The molecule has 0 radical (unpaired) electrons. The Balaban J connectivity index is 1.59. The summed E-state index contributed by atoms with van der Waals surface area (Å²) in [4.78, 5) is 25.5. The summed E-state index contributed by atoms with van der Waals surface area (Å²) in [6, 6.07) is 10.6. The summed E-state index contributed by atoms with van der Waals surface area (Å²) in [5.41, 5.74) is 4.86. The Hall–Kier alpha value is -3.25. The van der Waals surface area contributed by atoms with Crippen LogP contribution in [0.4, 0.5) is 11.5 Å². The molecule has 140 valence electrons. The van der Waals surface area contributed by atoms with E-state index in [9.17, 15) is 4.79 Å². The highest BCUT2D eigenvalue weighted by Crippen LogP contribution is 2.31. The maximum Gasteiger partial charge on any atom is 0.255 e. The molecule has 1 N–H and O–H groups in total. The lowest BCUT2D eigenvalue weighted by molar-refractivity contribution is 0.102. The first-order valence-corrected chi connectivity index (χ1v) is 9.05. The molecule has 0 fully saturated rings. The molecular formula is C21H17ClN4O2. The molecule has 0 aliphatic carbocycles. The Labute approximate surface area is 167 Å². The number of nitrogens with one attached hydrogen (secondary N) is 1. The average molecular weight is 393 g/mol. The number of ether oxygens (including phenoxy) is 1. The molecule has 0 saturated heterocycles. The fourth-order valence-corrected chi connectivity index (χ4v) is 3.27. The van der Waals surface area contributed by atoms with Crippen molar-refractivity contribution in [2.24, 2.45) is 4.99 Å². The molecule has 3 heterocycles. The van der Waals surface area contributed by atoms with Crippen LogP contribution in [0.5, 0.6) is 5.88 Å². The second kappa shape index (κ2) is 7.40. The lowest BCUT2D eigenvalue weighted by Crippen LogP contribution is -2.13. The van der Waals surface area contributed by atoms with Gasteiger partial charge in [-0.05, 0) is 36.8 Å². The van der Waals surface area contributed by atoms with Crippen LogP contribution in [0, 0.1) is 6.92 Å². The zero-order valence-electron chi connectivity index (χ0n) is 15.4. The monoisotopic (exact) mass is 392 g/mol. The van der Waals surface area contributed by atoms with Crippen LogP contribution in [0.1, 0.15) is 27.0 Å². The van der Waals surface area contributed by atoms with Gasteiger partial charge >= 0.3 is 0 Å². The molecule has 4 rings (SSSR count). The van der Waals surface area contributed by atoms with E-state index in [1.54, 1.807) is 30.5 Å². The van der Waals surface area contributed by atoms with Crippen molar-refractivity contribution in [3.63, 3.8) is 0 Å². The van der Waals surface area contributed by atoms with Crippen LogP contribution in [0.15, 0.2) is 53.8 Å². The van der Waals surface area contributed by atoms with Gasteiger partial charge in [0.2, 0.25) is 5.88 Å². The summed E-state index contributed by atoms with van der Waals surface area (Å²) in [5.74, 6) is 0.836. The smallest absolute Gasteiger partial charge is 0.255 e. The summed E-state index contributed by atoms with van der Waals surface area (Å²) in [6.45, 7) is 2.00. The minimum absolute atomic E-state index is 0.261. The maximum atomic E-state index is 12.5. The molecule has 7 heteroatoms. The van der Waals surface area contributed by atoms with Crippen molar-refractivity contribution in [2.75, 3.05) is 12.4 Å². The van der Waals surface area contributed by atoms with Gasteiger partial charge in [-0.3, -0.25) is 4.79 Å². The van der Waals surface area contributed by atoms with Crippen LogP contribution in [-0.4, -0.2) is 28.7 Å². The molecule has 3 aromatic rings. The first-order chi connectivity index (χ1) is 13.5. The van der Waals surface area contributed by atoms with Gasteiger partial charge in [0.05, 0.1) is 12.8 Å². The third-order valence-corrected chi connectivity index (χ3v) is 4.75. The predicted molar refractivity (Wildman–Crippen MR) is 109 cm³/mol. The number of anilines is 1. The molecule has 0 spiro atoms. The van der Waals surface area contributed by atoms with Gasteiger partial charge in [-0.1, -0.05) is 17.7 Å². The third-order valence-electron chi connectivity index (χ3n) is 4.42. The number of methoxy groups -OCH3 is 1. The second-order valence-electron chi connectivity index (χ2n) is 6.47. The highest BCUT2D eigenvalue weighted by atomic mass is 35.5. The summed E-state index contributed by atoms with van der Waals surface area (Å²) in [7, 11) is 1.51. The number of nitrogens with zero attached hydrogens (tertiary/aromatic N) is 3. The van der Waals surface area contributed by atoms with Gasteiger partial charge in [0.15, 0.2) is 5.82 Å². The SMILES string of the molecule is COc1cc(C(=O)Nc2ccc(Cl)c(C3=Nc4ncc(C)cc4C3)c2)ccn1. The van der Waals surface area contributed by atoms with Crippen molar-refractivity contribution in [3.05, 3.63) is 76.1 Å². The molecule has 0 atom stereocenters. The van der Waals surface area contributed by atoms with Crippen molar-refractivity contribution >= 4 is 34.7 Å². The van der Waals surface area contributed by atoms with E-state index < -0.39 is 0 Å². The van der Waals surface area contributed by atoms with Crippen LogP contribution in [0.3, 0.4) is 0 Å². The number of amides is 1. The summed E-state index contributed by atoms with van der Waals surface area (Å²) in [5, 5.41) is 3.46. The molecular weight excluding hydrogens is 376 g/mol. The van der Waals surface area contributed by atoms with E-state index in [0.29, 0.717) is 28.6 Å². The molecule has 0 unspecified atom stereocenters. The van der Waals surface area contributed by atoms with Crippen molar-refractivity contribution < 1.29 is 9.53 Å². The number of aliphatic imine (C=N–C) groups is 1. The van der Waals surface area contributed by atoms with Crippen LogP contribution >= 0.6 is 11.6 Å². The number of halogens is 1. The number of pyridine rings is 2. The first-order valence-electron chi connectivity index (χ1n) is 8.68. The van der Waals surface area contributed by atoms with E-state index in [1.165, 1.54) is 13.3 Å². The van der Waals surface area contributed by atoms with E-state index in [4.69, 9.17) is 16.3 Å². The van der Waals surface area contributed by atoms with Crippen molar-refractivity contribution in [1.82, 2.24) is 9.97 Å². The van der Waals surface area contributed by atoms with Gasteiger partial charge in [-0.2, -0.15) is 0 Å². The minimum Gasteiger partial charge on any atom is -0.481 e. The molecule has 1 amide bonds. The van der Waals surface area contributed by atoms with E-state index in [-0.39, 0.29) is 5.91 Å². The Bertz CT molecular complexity index is 1110. The van der Waals surface area contributed by atoms with Gasteiger partial charge < -0.3 is 10.1 Å². The highest BCUT2D eigenvalue weighted by molar-refractivity contribution is 6.34. The zero-order chi connectivity index (χ0) is 19.7. The number of hydrogen-bond donors (Lipinski definition) is 1. The number of carbonyl (C=O) groups is 1. The third kappa shape index (κ3) is 3.59. The molecule has 6 nitrogen and oxygen atoms in total. The van der Waals surface area contributed by atoms with Gasteiger partial charge in [0.1, 0.15) is 0 Å². The number of hydrogen-bond acceptors (Lipinski definition) is 5. The predicted octanol–water partition coefficient (Wildman–Crippen LogP) is 4.38. The van der Waals surface area contributed by atoms with E-state index >= 15 is 0 Å². The summed E-state index contributed by atoms with van der Waals surface area (Å²) in [6.07, 6.45) is 3.98. The lowest BCUT2D eigenvalue weighted by Gasteiger charge is -2.10. The molecule has 28 heavy (non-hydrogen) atoms. The quantitative estimate of drug-likeness (QED) is 0.715. The van der Waals surface area contributed by atoms with Gasteiger partial charge in [-0.15, -0.1) is 0 Å². The summed E-state index contributed by atoms with van der Waals surface area (Å²) < 4.78 is 5.07. The molecule has 1 aliphatic rings. The Morgan fingerprint density at radius 3 is 2.86 bits per heavy atom. The molecule has 0 bridgehead atoms. The van der Waals surface area contributed by atoms with Crippen LogP contribution in [0.2, 0.25) is 5.02 Å². The maximum absolute atomic E-state index is 12.5. The van der Waals surface area contributed by atoms with E-state index in [1.807, 2.05) is 13.0 Å². The molecule has 1 aliphatic heterocycles. The standard InChI is InChI=1S/C21H17ClN4O2/c1-12-7-14-8-18(26-20(14)24-11-12)16-10-15(3-4-17(16)22)25-21(27)13-5-6-23-19(9-13)28-2/h3-7,9-11H,8H2,1-2H3,(H,25,27). The highest BCUT2D eigenvalue weighted by Gasteiger charge is 2.20. The molecule has 1 aromatic carbocycles. The fourth-order valence-electron chi connectivity index (χ4n) is 3.05. The number of rotatable bonds is 4. The van der Waals surface area contributed by atoms with E-state index in [0.717, 1.165) is 28.2 Å². The normalized spacial score (nSPS) is 12.3. The fraction of sp³-hybridized carbons (Fsp3) is 0.143. The topological polar surface area (TPSA) is 76.5 Å². The Kier molecular flexibility index (Phi) is 4.79. The second-order valence-corrected chi connectivity index (χ2v) is 6.87. The first kappa shape index (κ1) is 18.1. The van der Waals surface area contributed by atoms with Crippen molar-refractivity contribution in [1.29, 1.82) is 0 Å². The zero-order valence-corrected chi connectivity index (χ0v) is 16.1. The van der Waals surface area contributed by atoms with Crippen LogP contribution in [-0.2, 0) is 6.42 Å². The van der Waals surface area contributed by atoms with Crippen LogP contribution < -0.4 is 10.1 Å². The minimum atomic E-state index is -0.261. The Morgan fingerprint density at radius 2 is 2.04 bits per heavy atom. The number of carbonyl (C=O) groups excluding carboxylic acids is 1. The molecule has 2 aromatic heterocycles. The van der Waals surface area contributed by atoms with Gasteiger partial charge in [0.25, 0.3) is 5.91 Å². The molecule has 0 saturated carbocycles. The number of benzene rings is 1. The average Bonchev–Trinajstić information content (AvgIpc) is 3.12.